The van der Waals surface area contributed by atoms with Gasteiger partial charge in [0.2, 0.25) is 0 Å². The summed E-state index contributed by atoms with van der Waals surface area (Å²) in [5.41, 5.74) is 1.15. The van der Waals surface area contributed by atoms with Crippen LogP contribution >= 0.6 is 15.9 Å². The van der Waals surface area contributed by atoms with E-state index in [1.807, 2.05) is 37.2 Å². The van der Waals surface area contributed by atoms with E-state index in [-0.39, 0.29) is 0 Å². The molecule has 0 unspecified atom stereocenters. The summed E-state index contributed by atoms with van der Waals surface area (Å²) in [6, 6.07) is 3.99. The molecule has 0 bridgehead atoms. The summed E-state index contributed by atoms with van der Waals surface area (Å²) in [5.74, 6) is 2.75. The van der Waals surface area contributed by atoms with E-state index in [0.717, 1.165) is 34.1 Å². The van der Waals surface area contributed by atoms with Gasteiger partial charge in [0.05, 0.1) is 10.0 Å². The highest BCUT2D eigenvalue weighted by Gasteiger charge is 2.28. The minimum Gasteiger partial charge on any atom is -0.339 e. The molecule has 0 radical (unpaired) electrons. The van der Waals surface area contributed by atoms with Crippen LogP contribution < -0.4 is 4.57 Å². The predicted molar refractivity (Wildman–Crippen MR) is 70.4 cm³/mol. The van der Waals surface area contributed by atoms with E-state index in [9.17, 15) is 0 Å². The second-order valence-corrected chi connectivity index (χ2v) is 5.11. The van der Waals surface area contributed by atoms with E-state index in [0.29, 0.717) is 0 Å². The van der Waals surface area contributed by atoms with Gasteiger partial charge in [-0.25, -0.2) is 4.57 Å². The highest BCUT2D eigenvalue weighted by Crippen LogP contribution is 2.21. The Morgan fingerprint density at radius 3 is 3.00 bits per heavy atom. The van der Waals surface area contributed by atoms with Crippen LogP contribution in [0.2, 0.25) is 0 Å². The Morgan fingerprint density at radius 2 is 2.18 bits per heavy atom. The number of halogens is 1. The van der Waals surface area contributed by atoms with E-state index < -0.39 is 0 Å². The van der Waals surface area contributed by atoms with Crippen LogP contribution in [0.1, 0.15) is 6.92 Å². The van der Waals surface area contributed by atoms with Crippen molar-refractivity contribution in [3.63, 3.8) is 0 Å². The molecule has 0 spiro atoms. The van der Waals surface area contributed by atoms with Gasteiger partial charge in [0.15, 0.2) is 0 Å². The molecule has 0 fully saturated rings. The fourth-order valence-electron chi connectivity index (χ4n) is 1.93. The summed E-state index contributed by atoms with van der Waals surface area (Å²) < 4.78 is 3.17. The molecule has 5 heteroatoms. The number of fused-ring (bicyclic) bond motifs is 2. The average molecular weight is 292 g/mol. The maximum absolute atomic E-state index is 4.57. The van der Waals surface area contributed by atoms with Crippen molar-refractivity contribution in [2.24, 2.45) is 9.98 Å². The predicted octanol–water partition coefficient (Wildman–Crippen LogP) is 2.03. The maximum Gasteiger partial charge on any atom is 0.326 e. The van der Waals surface area contributed by atoms with Crippen LogP contribution in [-0.4, -0.2) is 23.6 Å². The standard InChI is InChI=1S/C12H12BrN4/c1-8-14-12-9(5-16(8)2)6-17-7-10(13)3-4-11(17)15-12/h3-5,7H,6H2,1-2H3/q+1. The summed E-state index contributed by atoms with van der Waals surface area (Å²) in [5, 5.41) is 0. The van der Waals surface area contributed by atoms with Gasteiger partial charge in [0, 0.05) is 19.3 Å². The SMILES string of the molecule is CC1=NC2=Nc3ccc(Br)c[n+]3CC2=CN1C. The van der Waals surface area contributed by atoms with Crippen molar-refractivity contribution < 1.29 is 4.57 Å². The first kappa shape index (κ1) is 10.7. The minimum absolute atomic E-state index is 0.814. The Labute approximate surface area is 108 Å². The van der Waals surface area contributed by atoms with Gasteiger partial charge in [-0.15, -0.1) is 0 Å². The second kappa shape index (κ2) is 3.77. The number of hydrogen-bond donors (Lipinski definition) is 0. The third-order valence-corrected chi connectivity index (χ3v) is 3.41. The Kier molecular flexibility index (Phi) is 2.36. The first-order chi connectivity index (χ1) is 8.13. The van der Waals surface area contributed by atoms with Crippen LogP contribution in [-0.2, 0) is 6.54 Å². The first-order valence-corrected chi connectivity index (χ1v) is 6.20. The highest BCUT2D eigenvalue weighted by molar-refractivity contribution is 9.10. The zero-order chi connectivity index (χ0) is 12.0. The molecule has 17 heavy (non-hydrogen) atoms. The van der Waals surface area contributed by atoms with Crippen LogP contribution in [0.25, 0.3) is 0 Å². The monoisotopic (exact) mass is 291 g/mol. The van der Waals surface area contributed by atoms with Crippen LogP contribution in [0.5, 0.6) is 0 Å². The van der Waals surface area contributed by atoms with Gasteiger partial charge in [-0.2, -0.15) is 4.99 Å². The molecule has 1 aromatic rings. The Morgan fingerprint density at radius 1 is 1.35 bits per heavy atom. The van der Waals surface area contributed by atoms with Gasteiger partial charge in [-0.3, -0.25) is 0 Å². The number of aromatic nitrogens is 1. The van der Waals surface area contributed by atoms with Gasteiger partial charge in [0.1, 0.15) is 18.6 Å². The van der Waals surface area contributed by atoms with Crippen LogP contribution in [0.4, 0.5) is 5.82 Å². The lowest BCUT2D eigenvalue weighted by Crippen LogP contribution is -2.41. The second-order valence-electron chi connectivity index (χ2n) is 4.19. The summed E-state index contributed by atoms with van der Waals surface area (Å²) in [6.45, 7) is 2.80. The Hall–Kier alpha value is -1.49. The largest absolute Gasteiger partial charge is 0.339 e. The molecule has 0 N–H and O–H groups in total. The third-order valence-electron chi connectivity index (χ3n) is 2.94. The van der Waals surface area contributed by atoms with Crippen molar-refractivity contribution in [3.05, 3.63) is 34.6 Å². The van der Waals surface area contributed by atoms with Gasteiger partial charge in [-0.1, -0.05) is 0 Å². The van der Waals surface area contributed by atoms with E-state index in [1.165, 1.54) is 0 Å². The molecule has 0 amide bonds. The zero-order valence-corrected chi connectivity index (χ0v) is 11.3. The number of amidine groups is 2. The molecule has 2 aliphatic heterocycles. The summed E-state index contributed by atoms with van der Waals surface area (Å²) >= 11 is 3.47. The van der Waals surface area contributed by atoms with Gasteiger partial charge >= 0.3 is 5.82 Å². The van der Waals surface area contributed by atoms with Crippen LogP contribution in [0, 0.1) is 0 Å². The molecule has 3 rings (SSSR count). The van der Waals surface area contributed by atoms with Crippen LogP contribution in [0.3, 0.4) is 0 Å². The lowest BCUT2D eigenvalue weighted by molar-refractivity contribution is -0.677. The third kappa shape index (κ3) is 1.80. The van der Waals surface area contributed by atoms with Crippen molar-refractivity contribution >= 4 is 33.4 Å². The van der Waals surface area contributed by atoms with Crippen LogP contribution in [0.15, 0.2) is 44.6 Å². The molecule has 0 saturated carbocycles. The summed E-state index contributed by atoms with van der Waals surface area (Å²) in [7, 11) is 2.00. The average Bonchev–Trinajstić information content (AvgIpc) is 2.28. The molecule has 0 aliphatic carbocycles. The van der Waals surface area contributed by atoms with Gasteiger partial charge < -0.3 is 4.90 Å². The number of pyridine rings is 1. The Balaban J connectivity index is 2.12. The quantitative estimate of drug-likeness (QED) is 0.673. The molecule has 1 aromatic heterocycles. The normalized spacial score (nSPS) is 17.8. The number of rotatable bonds is 0. The fourth-order valence-corrected chi connectivity index (χ4v) is 2.30. The lowest BCUT2D eigenvalue weighted by atomic mass is 10.2. The van der Waals surface area contributed by atoms with Crippen molar-refractivity contribution in [2.75, 3.05) is 7.05 Å². The van der Waals surface area contributed by atoms with Crippen molar-refractivity contribution in [1.29, 1.82) is 0 Å². The number of nitrogens with zero attached hydrogens (tertiary/aromatic N) is 4. The molecule has 4 nitrogen and oxygen atoms in total. The maximum atomic E-state index is 4.57. The Bertz CT molecular complexity index is 586. The smallest absolute Gasteiger partial charge is 0.326 e. The molecular weight excluding hydrogens is 280 g/mol. The highest BCUT2D eigenvalue weighted by atomic mass is 79.9. The van der Waals surface area contributed by atoms with Gasteiger partial charge in [-0.05, 0) is 33.9 Å². The molecule has 0 saturated heterocycles. The van der Waals surface area contributed by atoms with E-state index in [4.69, 9.17) is 0 Å². The van der Waals surface area contributed by atoms with Crippen molar-refractivity contribution in [2.45, 2.75) is 13.5 Å². The van der Waals surface area contributed by atoms with Crippen molar-refractivity contribution in [1.82, 2.24) is 4.90 Å². The van der Waals surface area contributed by atoms with E-state index in [1.54, 1.807) is 0 Å². The molecule has 86 valence electrons. The summed E-state index contributed by atoms with van der Waals surface area (Å²) in [6.07, 6.45) is 4.14. The molecule has 0 aromatic carbocycles. The van der Waals surface area contributed by atoms with E-state index >= 15 is 0 Å². The number of aliphatic imine (C=N–C) groups is 2. The lowest BCUT2D eigenvalue weighted by Gasteiger charge is -2.21. The number of hydrogen-bond acceptors (Lipinski definition) is 3. The topological polar surface area (TPSA) is 31.8 Å². The minimum atomic E-state index is 0.814. The molecule has 2 aliphatic rings. The zero-order valence-electron chi connectivity index (χ0n) is 9.68. The molecule has 0 atom stereocenters. The fraction of sp³-hybridized carbons (Fsp3) is 0.250. The van der Waals surface area contributed by atoms with E-state index in [2.05, 4.69) is 36.7 Å². The van der Waals surface area contributed by atoms with Gasteiger partial charge in [0.25, 0.3) is 5.84 Å². The molecular formula is C12H12BrN4+. The van der Waals surface area contributed by atoms with Crippen molar-refractivity contribution in [3.8, 4) is 0 Å². The summed E-state index contributed by atoms with van der Waals surface area (Å²) in [4.78, 5) is 11.1. The first-order valence-electron chi connectivity index (χ1n) is 5.40. The molecule has 3 heterocycles.